The van der Waals surface area contributed by atoms with Crippen LogP contribution in [0.2, 0.25) is 0 Å². The van der Waals surface area contributed by atoms with Gasteiger partial charge in [-0.1, -0.05) is 30.3 Å². The molecule has 2 aliphatic carbocycles. The van der Waals surface area contributed by atoms with Crippen molar-refractivity contribution in [2.75, 3.05) is 0 Å². The number of ketones is 2. The summed E-state index contributed by atoms with van der Waals surface area (Å²) in [7, 11) is 0. The van der Waals surface area contributed by atoms with Crippen LogP contribution in [0.25, 0.3) is 11.0 Å². The van der Waals surface area contributed by atoms with Crippen molar-refractivity contribution < 1.29 is 18.8 Å². The number of carbonyl (C=O) groups excluding carboxylic acids is 3. The van der Waals surface area contributed by atoms with E-state index in [-0.39, 0.29) is 48.1 Å². The van der Waals surface area contributed by atoms with Crippen molar-refractivity contribution in [1.29, 1.82) is 0 Å². The minimum atomic E-state index is -1.45. The molecule has 2 aromatic heterocycles. The van der Waals surface area contributed by atoms with Crippen LogP contribution in [0.1, 0.15) is 48.7 Å². The van der Waals surface area contributed by atoms with E-state index in [1.165, 1.54) is 11.6 Å². The number of pyridine rings is 1. The zero-order valence-electron chi connectivity index (χ0n) is 18.9. The molecule has 1 aromatic carbocycles. The van der Waals surface area contributed by atoms with E-state index in [2.05, 4.69) is 10.1 Å². The molecule has 2 saturated carbocycles. The number of carbonyl (C=O) groups is 3. The number of hydrogen-bond acceptors (Lipinski definition) is 5. The molecule has 7 nitrogen and oxygen atoms in total. The number of fused-ring (bicyclic) bond motifs is 2. The highest BCUT2D eigenvalue weighted by Crippen LogP contribution is 2.58. The molecule has 1 aliphatic heterocycles. The second-order valence-electron chi connectivity index (χ2n) is 9.85. The van der Waals surface area contributed by atoms with E-state index in [0.717, 1.165) is 6.42 Å². The molecule has 0 bridgehead atoms. The van der Waals surface area contributed by atoms with E-state index in [4.69, 9.17) is 0 Å². The summed E-state index contributed by atoms with van der Waals surface area (Å²) in [6.45, 7) is 1.34. The Morgan fingerprint density at radius 2 is 1.91 bits per heavy atom. The van der Waals surface area contributed by atoms with Crippen LogP contribution < -0.4 is 0 Å². The number of alkyl halides is 1. The van der Waals surface area contributed by atoms with E-state index >= 15 is 4.39 Å². The molecule has 6 rings (SSSR count). The number of likely N-dealkylation sites (tertiary alicyclic amines) is 1. The number of rotatable bonds is 7. The Kier molecular flexibility index (Phi) is 4.69. The van der Waals surface area contributed by atoms with Gasteiger partial charge in [0, 0.05) is 31.5 Å². The number of benzene rings is 1. The Morgan fingerprint density at radius 3 is 2.68 bits per heavy atom. The molecular formula is C26H25FN4O3. The number of halogens is 1. The van der Waals surface area contributed by atoms with Crippen molar-refractivity contribution >= 4 is 28.5 Å². The molecule has 0 unspecified atom stereocenters. The van der Waals surface area contributed by atoms with Crippen molar-refractivity contribution in [3.63, 3.8) is 0 Å². The predicted molar refractivity (Wildman–Crippen MR) is 122 cm³/mol. The zero-order valence-corrected chi connectivity index (χ0v) is 18.9. The molecule has 0 spiro atoms. The highest BCUT2D eigenvalue weighted by molar-refractivity contribution is 6.04. The molecule has 3 heterocycles. The zero-order chi connectivity index (χ0) is 23.6. The fraction of sp³-hybridized carbons (Fsp3) is 0.423. The number of hydrogen-bond donors (Lipinski definition) is 0. The molecule has 34 heavy (non-hydrogen) atoms. The third kappa shape index (κ3) is 3.35. The normalized spacial score (nSPS) is 29.2. The minimum absolute atomic E-state index is 0.0612. The third-order valence-electron chi connectivity index (χ3n) is 7.62. The highest BCUT2D eigenvalue weighted by atomic mass is 19.1. The number of piperidine rings is 1. The average molecular weight is 461 g/mol. The molecule has 0 radical (unpaired) electrons. The summed E-state index contributed by atoms with van der Waals surface area (Å²) in [5.74, 6) is -0.471. The first-order chi connectivity index (χ1) is 16.4. The second-order valence-corrected chi connectivity index (χ2v) is 9.85. The quantitative estimate of drug-likeness (QED) is 0.504. The number of Topliss-reactive ketones (excluding diaryl/α,β-unsaturated/α-hetero) is 2. The van der Waals surface area contributed by atoms with E-state index in [1.807, 2.05) is 18.2 Å². The van der Waals surface area contributed by atoms with Crippen molar-refractivity contribution in [3.8, 4) is 0 Å². The largest absolute Gasteiger partial charge is 0.328 e. The molecule has 1 saturated heterocycles. The smallest absolute Gasteiger partial charge is 0.245 e. The molecule has 174 valence electrons. The molecule has 5 atom stereocenters. The van der Waals surface area contributed by atoms with Gasteiger partial charge in [-0.3, -0.25) is 14.4 Å². The van der Waals surface area contributed by atoms with Gasteiger partial charge in [0.1, 0.15) is 17.9 Å². The Balaban J connectivity index is 1.19. The van der Waals surface area contributed by atoms with Gasteiger partial charge in [0.25, 0.3) is 0 Å². The Hall–Kier alpha value is -3.42. The molecule has 3 fully saturated rings. The van der Waals surface area contributed by atoms with Crippen LogP contribution in [0.3, 0.4) is 0 Å². The van der Waals surface area contributed by atoms with Crippen molar-refractivity contribution in [2.24, 2.45) is 11.8 Å². The summed E-state index contributed by atoms with van der Waals surface area (Å²) in [4.78, 5) is 44.6. The lowest BCUT2D eigenvalue weighted by Crippen LogP contribution is -2.45. The van der Waals surface area contributed by atoms with Gasteiger partial charge in [-0.25, -0.2) is 14.1 Å². The van der Waals surface area contributed by atoms with Crippen LogP contribution in [0.15, 0.2) is 48.7 Å². The van der Waals surface area contributed by atoms with E-state index < -0.39 is 11.7 Å². The van der Waals surface area contributed by atoms with Gasteiger partial charge < -0.3 is 4.90 Å². The van der Waals surface area contributed by atoms with Crippen LogP contribution in [0, 0.1) is 11.8 Å². The number of nitrogens with zero attached hydrogens (tertiary/aromatic N) is 4. The average Bonchev–Trinajstić information content (AvgIpc) is 3.65. The lowest BCUT2D eigenvalue weighted by atomic mass is 9.99. The summed E-state index contributed by atoms with van der Waals surface area (Å²) in [5.41, 5.74) is -0.0771. The van der Waals surface area contributed by atoms with Gasteiger partial charge in [-0.15, -0.1) is 0 Å². The number of aromatic nitrogens is 3. The molecular weight excluding hydrogens is 435 g/mol. The van der Waals surface area contributed by atoms with E-state index in [1.54, 1.807) is 35.4 Å². The number of amides is 1. The fourth-order valence-electron chi connectivity index (χ4n) is 5.67. The molecule has 1 amide bonds. The van der Waals surface area contributed by atoms with Crippen molar-refractivity contribution in [1.82, 2.24) is 19.7 Å². The summed E-state index contributed by atoms with van der Waals surface area (Å²) in [5, 5.41) is 4.95. The lowest BCUT2D eigenvalue weighted by Gasteiger charge is -2.27. The summed E-state index contributed by atoms with van der Waals surface area (Å²) < 4.78 is 16.8. The lowest BCUT2D eigenvalue weighted by molar-refractivity contribution is -0.139. The minimum Gasteiger partial charge on any atom is -0.328 e. The maximum atomic E-state index is 15.3. The van der Waals surface area contributed by atoms with E-state index in [0.29, 0.717) is 35.4 Å². The first-order valence-corrected chi connectivity index (χ1v) is 11.8. The molecule has 8 heteroatoms. The van der Waals surface area contributed by atoms with Crippen molar-refractivity contribution in [3.05, 3.63) is 59.9 Å². The van der Waals surface area contributed by atoms with Gasteiger partial charge in [-0.2, -0.15) is 5.10 Å². The standard InChI is InChI=1S/C26H25FN4O3/c1-15(32)24-19-8-5-9-28-25(19)30(29-24)14-23(34)31-20-10-16(20)11-21(31)22(33)12-18-13-26(18,27)17-6-3-2-4-7-17/h2-9,16,18,20-21H,10-14H2,1H3/t16-,18-,20-,21+,26-/m1/s1. The Labute approximate surface area is 195 Å². The van der Waals surface area contributed by atoms with Gasteiger partial charge in [0.2, 0.25) is 5.91 Å². The maximum Gasteiger partial charge on any atom is 0.245 e. The first kappa shape index (κ1) is 21.1. The van der Waals surface area contributed by atoms with Gasteiger partial charge >= 0.3 is 0 Å². The van der Waals surface area contributed by atoms with Gasteiger partial charge in [0.15, 0.2) is 17.2 Å². The third-order valence-corrected chi connectivity index (χ3v) is 7.62. The van der Waals surface area contributed by atoms with Gasteiger partial charge in [-0.05, 0) is 42.9 Å². The van der Waals surface area contributed by atoms with Crippen LogP contribution in [-0.2, 0) is 21.8 Å². The predicted octanol–water partition coefficient (Wildman–Crippen LogP) is 3.47. The Bertz CT molecular complexity index is 1320. The van der Waals surface area contributed by atoms with Crippen LogP contribution in [-0.4, -0.2) is 49.2 Å². The first-order valence-electron chi connectivity index (χ1n) is 11.8. The molecule has 3 aliphatic rings. The van der Waals surface area contributed by atoms with E-state index in [9.17, 15) is 14.4 Å². The summed E-state index contributed by atoms with van der Waals surface area (Å²) in [6.07, 6.45) is 3.62. The maximum absolute atomic E-state index is 15.3. The van der Waals surface area contributed by atoms with Crippen LogP contribution in [0.5, 0.6) is 0 Å². The van der Waals surface area contributed by atoms with Crippen molar-refractivity contribution in [2.45, 2.75) is 56.9 Å². The monoisotopic (exact) mass is 460 g/mol. The molecule has 0 N–H and O–H groups in total. The molecule has 3 aromatic rings. The summed E-state index contributed by atoms with van der Waals surface area (Å²) in [6, 6.07) is 12.0. The Morgan fingerprint density at radius 1 is 1.12 bits per heavy atom. The topological polar surface area (TPSA) is 85.2 Å². The van der Waals surface area contributed by atoms with Gasteiger partial charge in [0.05, 0.1) is 11.4 Å². The highest BCUT2D eigenvalue weighted by Gasteiger charge is 2.60. The fourth-order valence-corrected chi connectivity index (χ4v) is 5.67. The van der Waals surface area contributed by atoms with Crippen LogP contribution in [0.4, 0.5) is 4.39 Å². The van der Waals surface area contributed by atoms with Crippen LogP contribution >= 0.6 is 0 Å². The summed E-state index contributed by atoms with van der Waals surface area (Å²) >= 11 is 0. The SMILES string of the molecule is CC(=O)c1nn(CC(=O)N2[C@@H]3C[C@@H]3C[C@H]2C(=O)C[C@@H]2C[C@@]2(F)c2ccccc2)c2ncccc12. The second kappa shape index (κ2) is 7.55.